The highest BCUT2D eigenvalue weighted by Gasteiger charge is 2.13. The summed E-state index contributed by atoms with van der Waals surface area (Å²) in [5.74, 6) is 1.62. The van der Waals surface area contributed by atoms with Crippen LogP contribution in [-0.2, 0) is 4.79 Å². The molecule has 0 bridgehead atoms. The fourth-order valence-electron chi connectivity index (χ4n) is 1.96. The summed E-state index contributed by atoms with van der Waals surface area (Å²) < 4.78 is 10.7. The Bertz CT molecular complexity index is 549. The van der Waals surface area contributed by atoms with E-state index >= 15 is 0 Å². The van der Waals surface area contributed by atoms with Crippen molar-refractivity contribution in [3.8, 4) is 5.75 Å². The molecule has 1 amide bonds. The molecule has 0 fully saturated rings. The van der Waals surface area contributed by atoms with Gasteiger partial charge < -0.3 is 19.8 Å². The fourth-order valence-corrected chi connectivity index (χ4v) is 1.96. The quantitative estimate of drug-likeness (QED) is 0.818. The number of nitrogens with two attached hydrogens (primary N) is 1. The molecule has 0 radical (unpaired) electrons. The molecule has 0 aliphatic rings. The van der Waals surface area contributed by atoms with Crippen molar-refractivity contribution in [3.05, 3.63) is 48.4 Å². The standard InChI is InChI=1S/C16H20N2O3/c1-3-20-14-8-6-13(7-9-14)18-16(19)11-17-12(2)15-5-4-10-21-15/h4-10,12,17H,3,11H2,1-2H3,(H,18,19)/p+1/t12-/m0/s1. The number of carbonyl (C=O) groups excluding carboxylic acids is 1. The molecule has 1 atom stereocenters. The van der Waals surface area contributed by atoms with Gasteiger partial charge in [-0.15, -0.1) is 0 Å². The van der Waals surface area contributed by atoms with E-state index < -0.39 is 0 Å². The number of quaternary nitrogens is 1. The summed E-state index contributed by atoms with van der Waals surface area (Å²) in [6, 6.07) is 11.2. The van der Waals surface area contributed by atoms with E-state index in [4.69, 9.17) is 9.15 Å². The maximum Gasteiger partial charge on any atom is 0.279 e. The second-order valence-corrected chi connectivity index (χ2v) is 4.75. The van der Waals surface area contributed by atoms with Crippen molar-refractivity contribution in [1.29, 1.82) is 0 Å². The average molecular weight is 289 g/mol. The lowest BCUT2D eigenvalue weighted by Gasteiger charge is -2.09. The summed E-state index contributed by atoms with van der Waals surface area (Å²) >= 11 is 0. The number of nitrogens with one attached hydrogen (secondary N) is 1. The molecule has 2 aromatic rings. The van der Waals surface area contributed by atoms with Gasteiger partial charge in [-0.2, -0.15) is 0 Å². The molecular weight excluding hydrogens is 268 g/mol. The molecule has 3 N–H and O–H groups in total. The summed E-state index contributed by atoms with van der Waals surface area (Å²) in [6.45, 7) is 4.91. The van der Waals surface area contributed by atoms with Crippen molar-refractivity contribution in [1.82, 2.24) is 0 Å². The van der Waals surface area contributed by atoms with Gasteiger partial charge in [0.15, 0.2) is 12.3 Å². The smallest absolute Gasteiger partial charge is 0.279 e. The number of hydrogen-bond acceptors (Lipinski definition) is 3. The average Bonchev–Trinajstić information content (AvgIpc) is 3.01. The lowest BCUT2D eigenvalue weighted by Crippen LogP contribution is -2.86. The van der Waals surface area contributed by atoms with Crippen LogP contribution in [0.5, 0.6) is 5.75 Å². The molecule has 5 nitrogen and oxygen atoms in total. The van der Waals surface area contributed by atoms with Gasteiger partial charge in [-0.3, -0.25) is 4.79 Å². The number of ether oxygens (including phenoxy) is 1. The first-order chi connectivity index (χ1) is 10.2. The zero-order valence-corrected chi connectivity index (χ0v) is 12.3. The van der Waals surface area contributed by atoms with Crippen molar-refractivity contribution in [2.24, 2.45) is 0 Å². The Morgan fingerprint density at radius 3 is 2.71 bits per heavy atom. The third-order valence-electron chi connectivity index (χ3n) is 3.10. The van der Waals surface area contributed by atoms with Gasteiger partial charge in [0.05, 0.1) is 12.9 Å². The van der Waals surface area contributed by atoms with Crippen LogP contribution in [0.3, 0.4) is 0 Å². The molecule has 112 valence electrons. The number of anilines is 1. The molecule has 0 aliphatic heterocycles. The van der Waals surface area contributed by atoms with Crippen LogP contribution in [0.15, 0.2) is 47.1 Å². The number of hydrogen-bond donors (Lipinski definition) is 2. The molecule has 0 spiro atoms. The van der Waals surface area contributed by atoms with Crippen LogP contribution in [-0.4, -0.2) is 19.1 Å². The second kappa shape index (κ2) is 7.50. The van der Waals surface area contributed by atoms with E-state index in [0.29, 0.717) is 13.2 Å². The molecule has 1 heterocycles. The first-order valence-corrected chi connectivity index (χ1v) is 7.08. The highest BCUT2D eigenvalue weighted by atomic mass is 16.5. The van der Waals surface area contributed by atoms with Gasteiger partial charge in [0, 0.05) is 5.69 Å². The van der Waals surface area contributed by atoms with Crippen LogP contribution in [0.4, 0.5) is 5.69 Å². The van der Waals surface area contributed by atoms with Crippen molar-refractivity contribution >= 4 is 11.6 Å². The molecule has 21 heavy (non-hydrogen) atoms. The minimum atomic E-state index is -0.0439. The number of amides is 1. The minimum absolute atomic E-state index is 0.0439. The molecule has 0 unspecified atom stereocenters. The molecule has 1 aromatic heterocycles. The molecule has 0 aliphatic carbocycles. The number of carbonyl (C=O) groups is 1. The molecular formula is C16H21N2O3+. The van der Waals surface area contributed by atoms with E-state index in [1.165, 1.54) is 0 Å². The van der Waals surface area contributed by atoms with E-state index in [9.17, 15) is 4.79 Å². The van der Waals surface area contributed by atoms with Crippen LogP contribution in [0.1, 0.15) is 25.6 Å². The maximum atomic E-state index is 11.9. The SMILES string of the molecule is CCOc1ccc(NC(=O)C[NH2+][C@@H](C)c2ccco2)cc1. The van der Waals surface area contributed by atoms with Gasteiger partial charge in [0.1, 0.15) is 11.8 Å². The predicted octanol–water partition coefficient (Wildman–Crippen LogP) is 1.94. The van der Waals surface area contributed by atoms with Gasteiger partial charge in [-0.05, 0) is 50.2 Å². The summed E-state index contributed by atoms with van der Waals surface area (Å²) in [5.41, 5.74) is 0.766. The maximum absolute atomic E-state index is 11.9. The molecule has 1 aromatic carbocycles. The summed E-state index contributed by atoms with van der Waals surface area (Å²) in [4.78, 5) is 11.9. The summed E-state index contributed by atoms with van der Waals surface area (Å²) in [7, 11) is 0. The van der Waals surface area contributed by atoms with Crippen molar-refractivity contribution in [3.63, 3.8) is 0 Å². The first kappa shape index (κ1) is 15.1. The third kappa shape index (κ3) is 4.65. The zero-order valence-electron chi connectivity index (χ0n) is 12.3. The summed E-state index contributed by atoms with van der Waals surface area (Å²) in [5, 5.41) is 4.79. The van der Waals surface area contributed by atoms with Crippen LogP contribution in [0.25, 0.3) is 0 Å². The summed E-state index contributed by atoms with van der Waals surface area (Å²) in [6.07, 6.45) is 1.64. The monoisotopic (exact) mass is 289 g/mol. The Morgan fingerprint density at radius 1 is 1.33 bits per heavy atom. The van der Waals surface area contributed by atoms with E-state index in [1.54, 1.807) is 6.26 Å². The minimum Gasteiger partial charge on any atom is -0.494 e. The number of benzene rings is 1. The largest absolute Gasteiger partial charge is 0.494 e. The van der Waals surface area contributed by atoms with Crippen molar-refractivity contribution in [2.75, 3.05) is 18.5 Å². The normalized spacial score (nSPS) is 11.9. The van der Waals surface area contributed by atoms with Gasteiger partial charge >= 0.3 is 0 Å². The van der Waals surface area contributed by atoms with Crippen molar-refractivity contribution < 1.29 is 19.3 Å². The number of furan rings is 1. The predicted molar refractivity (Wildman–Crippen MR) is 80.2 cm³/mol. The lowest BCUT2D eigenvalue weighted by atomic mass is 10.2. The lowest BCUT2D eigenvalue weighted by molar-refractivity contribution is -0.684. The van der Waals surface area contributed by atoms with Crippen LogP contribution >= 0.6 is 0 Å². The van der Waals surface area contributed by atoms with E-state index in [2.05, 4.69) is 5.32 Å². The van der Waals surface area contributed by atoms with E-state index in [1.807, 2.05) is 55.6 Å². The first-order valence-electron chi connectivity index (χ1n) is 7.08. The van der Waals surface area contributed by atoms with Gasteiger partial charge in [0.25, 0.3) is 5.91 Å². The van der Waals surface area contributed by atoms with E-state index in [0.717, 1.165) is 17.2 Å². The number of rotatable bonds is 7. The third-order valence-corrected chi connectivity index (χ3v) is 3.10. The Hall–Kier alpha value is -2.27. The second-order valence-electron chi connectivity index (χ2n) is 4.75. The topological polar surface area (TPSA) is 68.1 Å². The fraction of sp³-hybridized carbons (Fsp3) is 0.312. The highest BCUT2D eigenvalue weighted by Crippen LogP contribution is 2.15. The Morgan fingerprint density at radius 2 is 2.10 bits per heavy atom. The molecule has 5 heteroatoms. The van der Waals surface area contributed by atoms with Crippen LogP contribution in [0, 0.1) is 0 Å². The highest BCUT2D eigenvalue weighted by molar-refractivity contribution is 5.91. The Labute approximate surface area is 124 Å². The molecule has 0 saturated heterocycles. The van der Waals surface area contributed by atoms with Crippen LogP contribution in [0.2, 0.25) is 0 Å². The van der Waals surface area contributed by atoms with Gasteiger partial charge in [0.2, 0.25) is 0 Å². The molecule has 2 rings (SSSR count). The Kier molecular flexibility index (Phi) is 5.40. The van der Waals surface area contributed by atoms with Gasteiger partial charge in [-0.1, -0.05) is 0 Å². The van der Waals surface area contributed by atoms with Gasteiger partial charge in [-0.25, -0.2) is 0 Å². The van der Waals surface area contributed by atoms with E-state index in [-0.39, 0.29) is 11.9 Å². The zero-order chi connectivity index (χ0) is 15.1. The Balaban J connectivity index is 1.78. The van der Waals surface area contributed by atoms with Crippen LogP contribution < -0.4 is 15.4 Å². The van der Waals surface area contributed by atoms with Crippen molar-refractivity contribution in [2.45, 2.75) is 19.9 Å². The molecule has 0 saturated carbocycles.